The Morgan fingerprint density at radius 2 is 1.89 bits per heavy atom. The third kappa shape index (κ3) is 1.20. The van der Waals surface area contributed by atoms with E-state index in [-0.39, 0.29) is 16.7 Å². The van der Waals surface area contributed by atoms with E-state index >= 15 is 0 Å². The van der Waals surface area contributed by atoms with Gasteiger partial charge in [-0.1, -0.05) is 37.3 Å². The van der Waals surface area contributed by atoms with Crippen LogP contribution in [-0.2, 0) is 10.2 Å². The number of amides is 1. The summed E-state index contributed by atoms with van der Waals surface area (Å²) in [6, 6.07) is 10.7. The van der Waals surface area contributed by atoms with Gasteiger partial charge in [0.05, 0.1) is 5.41 Å². The predicted molar refractivity (Wildman–Crippen MR) is 74.4 cm³/mol. The number of carbonyl (C=O) groups excluding carboxylic acids is 1. The van der Waals surface area contributed by atoms with Gasteiger partial charge in [0.15, 0.2) is 0 Å². The summed E-state index contributed by atoms with van der Waals surface area (Å²) in [5.41, 5.74) is 7.33. The average Bonchev–Trinajstić information content (AvgIpc) is 2.70. The molecule has 4 saturated carbocycles. The number of primary amides is 1. The molecule has 19 heavy (non-hydrogen) atoms. The summed E-state index contributed by atoms with van der Waals surface area (Å²) in [7, 11) is 0. The first-order chi connectivity index (χ1) is 9.00. The van der Waals surface area contributed by atoms with E-state index in [0.717, 1.165) is 25.7 Å². The Balaban J connectivity index is 1.94. The largest absolute Gasteiger partial charge is 0.369 e. The zero-order chi connectivity index (χ0) is 13.3. The molecule has 100 valence electrons. The van der Waals surface area contributed by atoms with Crippen molar-refractivity contribution in [3.05, 3.63) is 35.9 Å². The fraction of sp³-hybridized carbons (Fsp3) is 0.588. The van der Waals surface area contributed by atoms with Gasteiger partial charge in [-0.05, 0) is 49.0 Å². The lowest BCUT2D eigenvalue weighted by Crippen LogP contribution is -2.46. The molecule has 2 heteroatoms. The average molecular weight is 255 g/mol. The Morgan fingerprint density at radius 1 is 1.16 bits per heavy atom. The molecule has 1 aromatic rings. The first-order valence-corrected chi connectivity index (χ1v) is 7.35. The van der Waals surface area contributed by atoms with Crippen LogP contribution in [0.4, 0.5) is 0 Å². The number of hydrogen-bond acceptors (Lipinski definition) is 1. The van der Waals surface area contributed by atoms with Crippen LogP contribution in [0.5, 0.6) is 0 Å². The molecule has 5 rings (SSSR count). The first kappa shape index (κ1) is 11.5. The number of nitrogens with two attached hydrogens (primary N) is 1. The van der Waals surface area contributed by atoms with Gasteiger partial charge in [-0.15, -0.1) is 0 Å². The van der Waals surface area contributed by atoms with Crippen molar-refractivity contribution in [2.45, 2.75) is 44.4 Å². The lowest BCUT2D eigenvalue weighted by Gasteiger charge is -2.39. The summed E-state index contributed by atoms with van der Waals surface area (Å²) in [5.74, 6) is 0.641. The SMILES string of the molecule is C[C@@]12CC3CC(C(N)=O)(C1)[C@](c1ccccc1)(C3)C2. The van der Waals surface area contributed by atoms with Crippen molar-refractivity contribution < 1.29 is 4.79 Å². The van der Waals surface area contributed by atoms with Crippen molar-refractivity contribution in [2.24, 2.45) is 22.5 Å². The maximum absolute atomic E-state index is 12.3. The topological polar surface area (TPSA) is 43.1 Å². The van der Waals surface area contributed by atoms with E-state index in [1.807, 2.05) is 0 Å². The molecule has 0 aromatic heterocycles. The maximum atomic E-state index is 12.3. The zero-order valence-electron chi connectivity index (χ0n) is 11.5. The van der Waals surface area contributed by atoms with Gasteiger partial charge < -0.3 is 5.73 Å². The number of rotatable bonds is 2. The molecule has 4 aliphatic carbocycles. The second-order valence-corrected chi connectivity index (χ2v) is 7.54. The zero-order valence-corrected chi connectivity index (χ0v) is 11.5. The number of carbonyl (C=O) groups is 1. The lowest BCUT2D eigenvalue weighted by atomic mass is 9.63. The Hall–Kier alpha value is -1.31. The molecule has 0 aliphatic heterocycles. The Morgan fingerprint density at radius 3 is 2.53 bits per heavy atom. The molecule has 2 N–H and O–H groups in total. The molecule has 2 nitrogen and oxygen atoms in total. The second-order valence-electron chi connectivity index (χ2n) is 7.54. The smallest absolute Gasteiger partial charge is 0.224 e. The van der Waals surface area contributed by atoms with Gasteiger partial charge in [-0.25, -0.2) is 0 Å². The molecule has 4 fully saturated rings. The summed E-state index contributed by atoms with van der Waals surface area (Å²) >= 11 is 0. The van der Waals surface area contributed by atoms with Crippen molar-refractivity contribution in [2.75, 3.05) is 0 Å². The predicted octanol–water partition coefficient (Wildman–Crippen LogP) is 3.01. The molecule has 0 radical (unpaired) electrons. The number of benzene rings is 1. The summed E-state index contributed by atoms with van der Waals surface area (Å²) < 4.78 is 0. The lowest BCUT2D eigenvalue weighted by molar-refractivity contribution is -0.130. The van der Waals surface area contributed by atoms with Crippen molar-refractivity contribution in [3.8, 4) is 0 Å². The normalized spacial score (nSPS) is 46.7. The third-order valence-corrected chi connectivity index (χ3v) is 6.23. The van der Waals surface area contributed by atoms with Gasteiger partial charge in [0.1, 0.15) is 0 Å². The van der Waals surface area contributed by atoms with E-state index in [1.165, 1.54) is 12.0 Å². The number of hydrogen-bond donors (Lipinski definition) is 1. The Labute approximate surface area is 114 Å². The molecule has 0 saturated heterocycles. The molecule has 2 unspecified atom stereocenters. The molecular formula is C17H21NO. The van der Waals surface area contributed by atoms with E-state index < -0.39 is 0 Å². The first-order valence-electron chi connectivity index (χ1n) is 7.35. The monoisotopic (exact) mass is 255 g/mol. The van der Waals surface area contributed by atoms with Gasteiger partial charge in [0.2, 0.25) is 5.91 Å². The maximum Gasteiger partial charge on any atom is 0.224 e. The standard InChI is InChI=1S/C17H21NO/c1-15-7-12-8-16(10-15,13-5-3-2-4-6-13)17(9-12,11-15)14(18)19/h2-6,12H,7-11H2,1H3,(H2,18,19)/t12?,15-,16+,17?/m0/s1. The van der Waals surface area contributed by atoms with Crippen LogP contribution in [0.15, 0.2) is 30.3 Å². The molecule has 4 bridgehead atoms. The quantitative estimate of drug-likeness (QED) is 0.867. The molecule has 1 amide bonds. The van der Waals surface area contributed by atoms with E-state index in [4.69, 9.17) is 5.73 Å². The van der Waals surface area contributed by atoms with Crippen LogP contribution in [0.3, 0.4) is 0 Å². The highest BCUT2D eigenvalue weighted by atomic mass is 16.1. The van der Waals surface area contributed by atoms with Crippen molar-refractivity contribution in [3.63, 3.8) is 0 Å². The van der Waals surface area contributed by atoms with Crippen molar-refractivity contribution in [1.82, 2.24) is 0 Å². The van der Waals surface area contributed by atoms with E-state index in [1.54, 1.807) is 0 Å². The molecule has 4 aliphatic rings. The minimum atomic E-state index is -0.272. The molecular weight excluding hydrogens is 234 g/mol. The van der Waals surface area contributed by atoms with Gasteiger partial charge in [-0.3, -0.25) is 4.79 Å². The Bertz CT molecular complexity index is 554. The molecule has 1 aromatic carbocycles. The van der Waals surface area contributed by atoms with Crippen LogP contribution in [0.1, 0.15) is 44.6 Å². The van der Waals surface area contributed by atoms with Crippen molar-refractivity contribution in [1.29, 1.82) is 0 Å². The highest BCUT2D eigenvalue weighted by Gasteiger charge is 2.73. The summed E-state index contributed by atoms with van der Waals surface area (Å²) in [4.78, 5) is 12.3. The van der Waals surface area contributed by atoms with Gasteiger partial charge >= 0.3 is 0 Å². The minimum absolute atomic E-state index is 0.0256. The van der Waals surface area contributed by atoms with Crippen molar-refractivity contribution >= 4 is 5.91 Å². The van der Waals surface area contributed by atoms with Gasteiger partial charge in [0, 0.05) is 5.41 Å². The van der Waals surface area contributed by atoms with Gasteiger partial charge in [-0.2, -0.15) is 0 Å². The summed E-state index contributed by atoms with van der Waals surface area (Å²) in [6.45, 7) is 2.36. The van der Waals surface area contributed by atoms with Crippen LogP contribution in [-0.4, -0.2) is 5.91 Å². The summed E-state index contributed by atoms with van der Waals surface area (Å²) in [5, 5.41) is 0. The fourth-order valence-corrected chi connectivity index (χ4v) is 6.11. The van der Waals surface area contributed by atoms with Crippen LogP contribution in [0.25, 0.3) is 0 Å². The van der Waals surface area contributed by atoms with Crippen LogP contribution in [0, 0.1) is 16.7 Å². The minimum Gasteiger partial charge on any atom is -0.369 e. The van der Waals surface area contributed by atoms with E-state index in [9.17, 15) is 4.79 Å². The summed E-state index contributed by atoms with van der Waals surface area (Å²) in [6.07, 6.45) is 5.61. The van der Waals surface area contributed by atoms with Crippen LogP contribution < -0.4 is 5.73 Å². The van der Waals surface area contributed by atoms with E-state index in [0.29, 0.717) is 11.3 Å². The van der Waals surface area contributed by atoms with Crippen LogP contribution >= 0.6 is 0 Å². The van der Waals surface area contributed by atoms with Gasteiger partial charge in [0.25, 0.3) is 0 Å². The molecule has 0 spiro atoms. The van der Waals surface area contributed by atoms with E-state index in [2.05, 4.69) is 37.3 Å². The second kappa shape index (κ2) is 3.23. The highest BCUT2D eigenvalue weighted by molar-refractivity contribution is 5.85. The molecule has 4 atom stereocenters. The fourth-order valence-electron chi connectivity index (χ4n) is 6.11. The molecule has 0 heterocycles. The third-order valence-electron chi connectivity index (χ3n) is 6.23. The highest BCUT2D eigenvalue weighted by Crippen LogP contribution is 2.76. The van der Waals surface area contributed by atoms with Crippen LogP contribution in [0.2, 0.25) is 0 Å². The Kier molecular flexibility index (Phi) is 1.95.